The summed E-state index contributed by atoms with van der Waals surface area (Å²) in [6.45, 7) is 11.2. The van der Waals surface area contributed by atoms with Gasteiger partial charge in [0.05, 0.1) is 11.0 Å². The minimum absolute atomic E-state index is 0.0142. The first-order valence-corrected chi connectivity index (χ1v) is 13.4. The summed E-state index contributed by atoms with van der Waals surface area (Å²) in [5.41, 5.74) is 4.01. The number of unbranched alkanes of at least 4 members (excludes halogenated alkanes) is 1. The maximum Gasteiger partial charge on any atom is 0.253 e. The van der Waals surface area contributed by atoms with Crippen LogP contribution >= 0.6 is 0 Å². The van der Waals surface area contributed by atoms with Crippen LogP contribution in [0.3, 0.4) is 0 Å². The monoisotopic (exact) mass is 488 g/mol. The molecule has 6 heteroatoms. The number of para-hydroxylation sites is 2. The number of amides is 2. The zero-order chi connectivity index (χ0) is 25.7. The van der Waals surface area contributed by atoms with Crippen molar-refractivity contribution in [3.8, 4) is 0 Å². The lowest BCUT2D eigenvalue weighted by atomic mass is 9.86. The highest BCUT2D eigenvalue weighted by Crippen LogP contribution is 2.28. The third-order valence-corrected chi connectivity index (χ3v) is 7.30. The van der Waals surface area contributed by atoms with Gasteiger partial charge in [0.1, 0.15) is 5.82 Å². The lowest BCUT2D eigenvalue weighted by molar-refractivity contribution is -0.132. The average molecular weight is 489 g/mol. The van der Waals surface area contributed by atoms with Crippen LogP contribution < -0.4 is 0 Å². The van der Waals surface area contributed by atoms with Gasteiger partial charge in [-0.25, -0.2) is 4.98 Å². The number of aromatic amines is 1. The normalized spacial score (nSPS) is 14.8. The Hall–Kier alpha value is -3.15. The van der Waals surface area contributed by atoms with Crippen molar-refractivity contribution >= 4 is 22.8 Å². The van der Waals surface area contributed by atoms with Gasteiger partial charge in [0.15, 0.2) is 0 Å². The third kappa shape index (κ3) is 6.15. The van der Waals surface area contributed by atoms with Gasteiger partial charge >= 0.3 is 0 Å². The molecule has 0 unspecified atom stereocenters. The van der Waals surface area contributed by atoms with E-state index < -0.39 is 0 Å². The van der Waals surface area contributed by atoms with Crippen LogP contribution in [0.4, 0.5) is 0 Å². The van der Waals surface area contributed by atoms with Crippen LogP contribution in [0.1, 0.15) is 87.5 Å². The molecule has 1 aromatic heterocycles. The van der Waals surface area contributed by atoms with E-state index in [1.165, 1.54) is 5.56 Å². The number of likely N-dealkylation sites (tertiary alicyclic amines) is 1. The lowest BCUT2D eigenvalue weighted by Crippen LogP contribution is -2.41. The van der Waals surface area contributed by atoms with Crippen LogP contribution in [0.25, 0.3) is 11.0 Å². The average Bonchev–Trinajstić information content (AvgIpc) is 3.32. The SMILES string of the molecule is CCCCN(CCC(=O)N1CCC(c2nc3ccccc3[nH]2)CC1)C(=O)c1ccc(C(C)(C)C)cc1. The number of carbonyl (C=O) groups is 2. The van der Waals surface area contributed by atoms with E-state index in [1.54, 1.807) is 0 Å². The molecule has 2 amide bonds. The second kappa shape index (κ2) is 11.3. The highest BCUT2D eigenvalue weighted by atomic mass is 16.2. The molecule has 1 aliphatic heterocycles. The Labute approximate surface area is 215 Å². The molecule has 4 rings (SSSR count). The predicted molar refractivity (Wildman–Crippen MR) is 145 cm³/mol. The van der Waals surface area contributed by atoms with Gasteiger partial charge in [-0.1, -0.05) is 58.4 Å². The van der Waals surface area contributed by atoms with Crippen LogP contribution in [0.2, 0.25) is 0 Å². The fourth-order valence-corrected chi connectivity index (χ4v) is 4.92. The molecular weight excluding hydrogens is 448 g/mol. The van der Waals surface area contributed by atoms with Crippen LogP contribution in [0.5, 0.6) is 0 Å². The molecule has 36 heavy (non-hydrogen) atoms. The van der Waals surface area contributed by atoms with E-state index >= 15 is 0 Å². The van der Waals surface area contributed by atoms with E-state index in [1.807, 2.05) is 52.3 Å². The molecule has 2 heterocycles. The van der Waals surface area contributed by atoms with E-state index in [2.05, 4.69) is 38.7 Å². The number of rotatable bonds is 8. The van der Waals surface area contributed by atoms with Crippen molar-refractivity contribution in [2.75, 3.05) is 26.2 Å². The summed E-state index contributed by atoms with van der Waals surface area (Å²) in [6.07, 6.45) is 4.12. The molecule has 0 saturated carbocycles. The van der Waals surface area contributed by atoms with Crippen LogP contribution in [-0.4, -0.2) is 57.8 Å². The molecule has 3 aromatic rings. The van der Waals surface area contributed by atoms with Gasteiger partial charge in [0.2, 0.25) is 5.91 Å². The Balaban J connectivity index is 1.32. The van der Waals surface area contributed by atoms with Gasteiger partial charge in [-0.2, -0.15) is 0 Å². The lowest BCUT2D eigenvalue weighted by Gasteiger charge is -2.32. The number of hydrogen-bond acceptors (Lipinski definition) is 3. The highest BCUT2D eigenvalue weighted by molar-refractivity contribution is 5.94. The molecule has 2 aromatic carbocycles. The summed E-state index contributed by atoms with van der Waals surface area (Å²) in [4.78, 5) is 38.3. The molecule has 0 bridgehead atoms. The molecule has 0 spiro atoms. The van der Waals surface area contributed by atoms with Crippen molar-refractivity contribution < 1.29 is 9.59 Å². The second-order valence-corrected chi connectivity index (χ2v) is 11.0. The Bertz CT molecular complexity index is 1130. The third-order valence-electron chi connectivity index (χ3n) is 7.30. The summed E-state index contributed by atoms with van der Waals surface area (Å²) >= 11 is 0. The number of H-pyrrole nitrogens is 1. The van der Waals surface area contributed by atoms with Crippen molar-refractivity contribution in [3.63, 3.8) is 0 Å². The summed E-state index contributed by atoms with van der Waals surface area (Å²) in [5.74, 6) is 1.52. The summed E-state index contributed by atoms with van der Waals surface area (Å²) < 4.78 is 0. The number of benzene rings is 2. The molecule has 1 saturated heterocycles. The van der Waals surface area contributed by atoms with Crippen molar-refractivity contribution in [3.05, 3.63) is 65.5 Å². The van der Waals surface area contributed by atoms with Crippen molar-refractivity contribution in [1.29, 1.82) is 0 Å². The molecule has 1 aliphatic rings. The molecule has 6 nitrogen and oxygen atoms in total. The Kier molecular flexibility index (Phi) is 8.12. The zero-order valence-electron chi connectivity index (χ0n) is 22.2. The first-order chi connectivity index (χ1) is 17.3. The molecule has 0 radical (unpaired) electrons. The van der Waals surface area contributed by atoms with Crippen LogP contribution in [0.15, 0.2) is 48.5 Å². The minimum atomic E-state index is 0.0142. The summed E-state index contributed by atoms with van der Waals surface area (Å²) in [5, 5.41) is 0. The van der Waals surface area contributed by atoms with Crippen LogP contribution in [-0.2, 0) is 10.2 Å². The van der Waals surface area contributed by atoms with E-state index in [0.29, 0.717) is 31.0 Å². The second-order valence-electron chi connectivity index (χ2n) is 11.0. The quantitative estimate of drug-likeness (QED) is 0.429. The first kappa shape index (κ1) is 25.9. The van der Waals surface area contributed by atoms with E-state index in [4.69, 9.17) is 4.98 Å². The van der Waals surface area contributed by atoms with Gasteiger partial charge in [-0.15, -0.1) is 0 Å². The van der Waals surface area contributed by atoms with Gasteiger partial charge in [0.25, 0.3) is 5.91 Å². The van der Waals surface area contributed by atoms with E-state index in [0.717, 1.165) is 55.6 Å². The molecular formula is C30H40N4O2. The fourth-order valence-electron chi connectivity index (χ4n) is 4.92. The molecule has 1 fully saturated rings. The maximum atomic E-state index is 13.3. The molecule has 192 valence electrons. The summed E-state index contributed by atoms with van der Waals surface area (Å²) in [6, 6.07) is 16.0. The Morgan fingerprint density at radius 3 is 2.36 bits per heavy atom. The number of hydrogen-bond donors (Lipinski definition) is 1. The molecule has 0 aliphatic carbocycles. The fraction of sp³-hybridized carbons (Fsp3) is 0.500. The zero-order valence-corrected chi connectivity index (χ0v) is 22.2. The topological polar surface area (TPSA) is 69.3 Å². The van der Waals surface area contributed by atoms with Gasteiger partial charge in [0, 0.05) is 44.1 Å². The first-order valence-electron chi connectivity index (χ1n) is 13.4. The number of nitrogens with one attached hydrogen (secondary N) is 1. The number of aromatic nitrogens is 2. The number of imidazole rings is 1. The van der Waals surface area contributed by atoms with E-state index in [-0.39, 0.29) is 17.2 Å². The standard InChI is InChI=1S/C30H40N4O2/c1-5-6-18-34(29(36)23-11-13-24(14-12-23)30(2,3)4)21-17-27(35)33-19-15-22(16-20-33)28-31-25-9-7-8-10-26(25)32-28/h7-14,22H,5-6,15-21H2,1-4H3,(H,31,32). The van der Waals surface area contributed by atoms with Crippen LogP contribution in [0, 0.1) is 0 Å². The van der Waals surface area contributed by atoms with Crippen molar-refractivity contribution in [1.82, 2.24) is 19.8 Å². The minimum Gasteiger partial charge on any atom is -0.343 e. The number of carbonyl (C=O) groups excluding carboxylic acids is 2. The van der Waals surface area contributed by atoms with Gasteiger partial charge in [-0.05, 0) is 54.5 Å². The molecule has 1 N–H and O–H groups in total. The Morgan fingerprint density at radius 2 is 1.72 bits per heavy atom. The maximum absolute atomic E-state index is 13.3. The van der Waals surface area contributed by atoms with Crippen molar-refractivity contribution in [2.24, 2.45) is 0 Å². The number of piperidine rings is 1. The highest BCUT2D eigenvalue weighted by Gasteiger charge is 2.26. The van der Waals surface area contributed by atoms with Crippen molar-refractivity contribution in [2.45, 2.75) is 71.1 Å². The predicted octanol–water partition coefficient (Wildman–Crippen LogP) is 5.90. The van der Waals surface area contributed by atoms with Gasteiger partial charge in [-0.3, -0.25) is 9.59 Å². The smallest absolute Gasteiger partial charge is 0.253 e. The Morgan fingerprint density at radius 1 is 1.03 bits per heavy atom. The number of nitrogens with zero attached hydrogens (tertiary/aromatic N) is 3. The number of fused-ring (bicyclic) bond motifs is 1. The van der Waals surface area contributed by atoms with Gasteiger partial charge < -0.3 is 14.8 Å². The largest absolute Gasteiger partial charge is 0.343 e. The molecule has 0 atom stereocenters. The summed E-state index contributed by atoms with van der Waals surface area (Å²) in [7, 11) is 0. The van der Waals surface area contributed by atoms with E-state index in [9.17, 15) is 9.59 Å².